The quantitative estimate of drug-likeness (QED) is 0.165. The van der Waals surface area contributed by atoms with E-state index in [2.05, 4.69) is 139 Å². The van der Waals surface area contributed by atoms with Crippen LogP contribution in [-0.2, 0) is 5.41 Å². The van der Waals surface area contributed by atoms with Crippen LogP contribution in [0.3, 0.4) is 0 Å². The van der Waals surface area contributed by atoms with Gasteiger partial charge in [0, 0.05) is 40.6 Å². The number of aromatic nitrogens is 3. The number of allylic oxidation sites excluding steroid dienone is 6. The zero-order chi connectivity index (χ0) is 31.0. The zero-order valence-electron chi connectivity index (χ0n) is 26.0. The number of benzene rings is 4. The van der Waals surface area contributed by atoms with Crippen LogP contribution in [0, 0.1) is 6.08 Å². The van der Waals surface area contributed by atoms with Crippen LogP contribution in [0.4, 0.5) is 22.7 Å². The fourth-order valence-corrected chi connectivity index (χ4v) is 7.06. The Labute approximate surface area is 269 Å². The summed E-state index contributed by atoms with van der Waals surface area (Å²) in [5.74, 6) is 0.917. The lowest BCUT2D eigenvalue weighted by Crippen LogP contribution is -2.59. The third-order valence-electron chi connectivity index (χ3n) is 9.36. The molecule has 0 atom stereocenters. The number of hydrogen-bond acceptors (Lipinski definition) is 4. The molecule has 0 radical (unpaired) electrons. The van der Waals surface area contributed by atoms with Crippen molar-refractivity contribution in [3.63, 3.8) is 0 Å². The summed E-state index contributed by atoms with van der Waals surface area (Å²) in [6.07, 6.45) is 13.2. The number of imidazole rings is 1. The molecule has 218 valence electrons. The van der Waals surface area contributed by atoms with Crippen molar-refractivity contribution in [1.29, 1.82) is 0 Å². The number of rotatable bonds is 3. The SMILES string of the molecule is CC(C)(C)c1ccnc(-c2ccc3c(c2)B2c4cc(-c5nc6ccccc6n5C5=CC=[C+]C=C5)ccc4Nc4cccc(c42)N3)c1. The summed E-state index contributed by atoms with van der Waals surface area (Å²) in [6, 6.07) is 32.6. The molecule has 1 aliphatic carbocycles. The molecule has 46 heavy (non-hydrogen) atoms. The fourth-order valence-electron chi connectivity index (χ4n) is 7.06. The van der Waals surface area contributed by atoms with Gasteiger partial charge < -0.3 is 10.6 Å². The molecule has 6 heteroatoms. The van der Waals surface area contributed by atoms with E-state index in [-0.39, 0.29) is 12.1 Å². The van der Waals surface area contributed by atoms with E-state index in [1.807, 2.05) is 24.4 Å². The normalized spacial score (nSPS) is 14.1. The van der Waals surface area contributed by atoms with Gasteiger partial charge in [-0.1, -0.05) is 57.2 Å². The van der Waals surface area contributed by atoms with Crippen molar-refractivity contribution in [1.82, 2.24) is 14.5 Å². The highest BCUT2D eigenvalue weighted by atomic mass is 15.1. The summed E-state index contributed by atoms with van der Waals surface area (Å²) in [5, 5.41) is 7.49. The molecule has 4 heterocycles. The van der Waals surface area contributed by atoms with Gasteiger partial charge in [-0.2, -0.15) is 0 Å². The van der Waals surface area contributed by atoms with Gasteiger partial charge >= 0.3 is 0 Å². The van der Waals surface area contributed by atoms with Crippen LogP contribution in [0.1, 0.15) is 26.3 Å². The number of anilines is 4. The smallest absolute Gasteiger partial charge is 0.252 e. The van der Waals surface area contributed by atoms with Crippen LogP contribution in [-0.4, -0.2) is 21.2 Å². The minimum Gasteiger partial charge on any atom is -0.356 e. The molecule has 9 rings (SSSR count). The molecule has 0 amide bonds. The molecule has 4 aromatic carbocycles. The highest BCUT2D eigenvalue weighted by molar-refractivity contribution is 7.00. The number of pyridine rings is 1. The van der Waals surface area contributed by atoms with E-state index in [1.165, 1.54) is 22.0 Å². The standard InChI is InChI=1S/C40H31BN5/c1-40(2,3)27-20-21-42-36(24-27)25-16-18-31-29(22-25)41-30-23-26(17-19-32(30)44-35-14-9-13-34(43-31)38(35)41)39-45-33-12-7-8-15-37(33)46(39)28-10-5-4-6-11-28/h5-24,43-44H,1-3H3/q+1. The van der Waals surface area contributed by atoms with Gasteiger partial charge in [-0.25, -0.2) is 4.98 Å². The van der Waals surface area contributed by atoms with Crippen molar-refractivity contribution in [2.45, 2.75) is 26.2 Å². The van der Waals surface area contributed by atoms with E-state index in [0.29, 0.717) is 0 Å². The fraction of sp³-hybridized carbons (Fsp3) is 0.100. The molecule has 5 nitrogen and oxygen atoms in total. The summed E-state index contributed by atoms with van der Waals surface area (Å²) in [5.41, 5.74) is 15.8. The first-order valence-corrected chi connectivity index (χ1v) is 15.8. The number of para-hydroxylation sites is 2. The molecular formula is C40H31BN5+. The van der Waals surface area contributed by atoms with E-state index >= 15 is 0 Å². The number of fused-ring (bicyclic) bond motifs is 5. The maximum Gasteiger partial charge on any atom is 0.252 e. The molecule has 2 aromatic heterocycles. The Morgan fingerprint density at radius 2 is 1.50 bits per heavy atom. The molecule has 0 saturated heterocycles. The molecule has 3 aliphatic rings. The van der Waals surface area contributed by atoms with Crippen molar-refractivity contribution in [2.24, 2.45) is 0 Å². The van der Waals surface area contributed by atoms with E-state index in [9.17, 15) is 0 Å². The van der Waals surface area contributed by atoms with Crippen LogP contribution in [0.2, 0.25) is 0 Å². The van der Waals surface area contributed by atoms with Gasteiger partial charge in [-0.05, 0) is 87.5 Å². The van der Waals surface area contributed by atoms with Crippen LogP contribution in [0.15, 0.2) is 121 Å². The predicted molar refractivity (Wildman–Crippen MR) is 192 cm³/mol. The molecule has 0 saturated carbocycles. The Balaban J connectivity index is 1.24. The first-order valence-electron chi connectivity index (χ1n) is 15.8. The summed E-state index contributed by atoms with van der Waals surface area (Å²) < 4.78 is 2.25. The Morgan fingerprint density at radius 3 is 2.24 bits per heavy atom. The highest BCUT2D eigenvalue weighted by Gasteiger charge is 2.38. The van der Waals surface area contributed by atoms with Crippen LogP contribution < -0.4 is 27.0 Å². The lowest BCUT2D eigenvalue weighted by atomic mass is 9.33. The second-order valence-corrected chi connectivity index (χ2v) is 13.3. The van der Waals surface area contributed by atoms with Gasteiger partial charge in [0.1, 0.15) is 18.0 Å². The second kappa shape index (κ2) is 9.90. The second-order valence-electron chi connectivity index (χ2n) is 13.3. The monoisotopic (exact) mass is 592 g/mol. The summed E-state index contributed by atoms with van der Waals surface area (Å²) in [6.45, 7) is 6.77. The number of hydrogen-bond donors (Lipinski definition) is 2. The molecule has 0 spiro atoms. The summed E-state index contributed by atoms with van der Waals surface area (Å²) in [4.78, 5) is 9.98. The number of nitrogens with zero attached hydrogens (tertiary/aromatic N) is 3. The minimum absolute atomic E-state index is 0.0357. The maximum atomic E-state index is 5.17. The topological polar surface area (TPSA) is 54.8 Å². The van der Waals surface area contributed by atoms with Gasteiger partial charge in [-0.3, -0.25) is 9.55 Å². The van der Waals surface area contributed by atoms with Gasteiger partial charge in [-0.15, -0.1) is 0 Å². The first kappa shape index (κ1) is 26.7. The number of nitrogens with one attached hydrogen (secondary N) is 2. The zero-order valence-corrected chi connectivity index (χ0v) is 26.0. The van der Waals surface area contributed by atoms with Crippen molar-refractivity contribution >= 4 is 62.6 Å². The maximum absolute atomic E-state index is 5.17. The van der Waals surface area contributed by atoms with Gasteiger partial charge in [0.2, 0.25) is 0 Å². The van der Waals surface area contributed by atoms with Gasteiger partial charge in [0.05, 0.1) is 28.9 Å². The third kappa shape index (κ3) is 4.15. The van der Waals surface area contributed by atoms with Crippen LogP contribution in [0.25, 0.3) is 39.4 Å². The van der Waals surface area contributed by atoms with E-state index in [1.54, 1.807) is 0 Å². The molecular weight excluding hydrogens is 561 g/mol. The average Bonchev–Trinajstić information content (AvgIpc) is 3.48. The lowest BCUT2D eigenvalue weighted by molar-refractivity contribution is 0.589. The molecule has 2 N–H and O–H groups in total. The van der Waals surface area contributed by atoms with Crippen molar-refractivity contribution in [3.8, 4) is 22.6 Å². The summed E-state index contributed by atoms with van der Waals surface area (Å²) >= 11 is 0. The van der Waals surface area contributed by atoms with Crippen LogP contribution in [0.5, 0.6) is 0 Å². The van der Waals surface area contributed by atoms with Gasteiger partial charge in [0.15, 0.2) is 5.70 Å². The molecule has 6 aromatic rings. The molecule has 2 aliphatic heterocycles. The largest absolute Gasteiger partial charge is 0.356 e. The molecule has 0 unspecified atom stereocenters. The molecule has 0 fully saturated rings. The van der Waals surface area contributed by atoms with Gasteiger partial charge in [0.25, 0.3) is 6.71 Å². The molecule has 0 bridgehead atoms. The van der Waals surface area contributed by atoms with E-state index < -0.39 is 0 Å². The third-order valence-corrected chi connectivity index (χ3v) is 9.36. The van der Waals surface area contributed by atoms with Crippen LogP contribution >= 0.6 is 0 Å². The summed E-state index contributed by atoms with van der Waals surface area (Å²) in [7, 11) is 0. The highest BCUT2D eigenvalue weighted by Crippen LogP contribution is 2.35. The lowest BCUT2D eigenvalue weighted by Gasteiger charge is -2.35. The predicted octanol–water partition coefficient (Wildman–Crippen LogP) is 7.46. The van der Waals surface area contributed by atoms with E-state index in [0.717, 1.165) is 62.1 Å². The van der Waals surface area contributed by atoms with Crippen molar-refractivity contribution in [3.05, 3.63) is 133 Å². The average molecular weight is 593 g/mol. The van der Waals surface area contributed by atoms with Crippen molar-refractivity contribution in [2.75, 3.05) is 10.6 Å². The Hall–Kier alpha value is -5.71. The Bertz CT molecular complexity index is 2300. The minimum atomic E-state index is 0.0357. The Morgan fingerprint density at radius 1 is 0.761 bits per heavy atom. The van der Waals surface area contributed by atoms with E-state index in [4.69, 9.17) is 9.97 Å². The Kier molecular flexibility index (Phi) is 5.74. The first-order chi connectivity index (χ1) is 22.4. The van der Waals surface area contributed by atoms with Crippen molar-refractivity contribution < 1.29 is 0 Å².